The Balaban J connectivity index is 2.81. The molecule has 0 saturated heterocycles. The zero-order valence-corrected chi connectivity index (χ0v) is 11.4. The Morgan fingerprint density at radius 3 is 2.65 bits per heavy atom. The molecule has 3 nitrogen and oxygen atoms in total. The average molecular weight is 240 g/mol. The maximum Gasteiger partial charge on any atom is 0.333 e. The fourth-order valence-corrected chi connectivity index (χ4v) is 2.48. The maximum atomic E-state index is 11.8. The van der Waals surface area contributed by atoms with E-state index in [1.165, 1.54) is 0 Å². The van der Waals surface area contributed by atoms with E-state index in [0.29, 0.717) is 11.5 Å². The van der Waals surface area contributed by atoms with E-state index in [1.807, 2.05) is 0 Å². The number of rotatable bonds is 5. The van der Waals surface area contributed by atoms with Crippen LogP contribution in [0.15, 0.2) is 12.2 Å². The van der Waals surface area contributed by atoms with Gasteiger partial charge in [0.15, 0.2) is 0 Å². The number of esters is 1. The zero-order chi connectivity index (χ0) is 13.1. The van der Waals surface area contributed by atoms with Crippen molar-refractivity contribution in [2.75, 3.05) is 7.11 Å². The van der Waals surface area contributed by atoms with Gasteiger partial charge in [-0.3, -0.25) is 0 Å². The highest BCUT2D eigenvalue weighted by atomic mass is 16.6. The van der Waals surface area contributed by atoms with Gasteiger partial charge in [-0.2, -0.15) is 0 Å². The molecule has 0 bridgehead atoms. The Kier molecular flexibility index (Phi) is 4.75. The van der Waals surface area contributed by atoms with Crippen LogP contribution in [0.4, 0.5) is 0 Å². The van der Waals surface area contributed by atoms with E-state index in [9.17, 15) is 4.79 Å². The van der Waals surface area contributed by atoms with Gasteiger partial charge in [0.2, 0.25) is 0 Å². The topological polar surface area (TPSA) is 35.5 Å². The Bertz CT molecular complexity index is 298. The molecule has 3 unspecified atom stereocenters. The second-order valence-corrected chi connectivity index (χ2v) is 5.14. The lowest BCUT2D eigenvalue weighted by molar-refractivity contribution is -0.161. The maximum absolute atomic E-state index is 11.8. The number of ether oxygens (including phenoxy) is 2. The molecule has 0 N–H and O–H groups in total. The summed E-state index contributed by atoms with van der Waals surface area (Å²) in [5, 5.41) is 0. The highest BCUT2D eigenvalue weighted by Crippen LogP contribution is 2.42. The van der Waals surface area contributed by atoms with Crippen LogP contribution in [0, 0.1) is 5.92 Å². The van der Waals surface area contributed by atoms with Gasteiger partial charge in [0.1, 0.15) is 5.60 Å². The zero-order valence-electron chi connectivity index (χ0n) is 11.4. The van der Waals surface area contributed by atoms with Crippen molar-refractivity contribution in [2.24, 2.45) is 5.92 Å². The van der Waals surface area contributed by atoms with Gasteiger partial charge >= 0.3 is 5.97 Å². The molecule has 0 amide bonds. The van der Waals surface area contributed by atoms with Crippen molar-refractivity contribution in [1.29, 1.82) is 0 Å². The van der Waals surface area contributed by atoms with E-state index in [4.69, 9.17) is 9.47 Å². The van der Waals surface area contributed by atoms with Crippen LogP contribution in [0.5, 0.6) is 0 Å². The van der Waals surface area contributed by atoms with Crippen LogP contribution in [-0.2, 0) is 14.3 Å². The Hall–Kier alpha value is -0.830. The summed E-state index contributed by atoms with van der Waals surface area (Å²) in [4.78, 5) is 11.8. The number of hydrogen-bond donors (Lipinski definition) is 0. The minimum atomic E-state index is -0.356. The van der Waals surface area contributed by atoms with Crippen LogP contribution in [0.1, 0.15) is 46.5 Å². The number of carbonyl (C=O) groups excluding carboxylic acids is 1. The molecule has 0 heterocycles. The molecule has 0 radical (unpaired) electrons. The third-order valence-corrected chi connectivity index (χ3v) is 3.95. The van der Waals surface area contributed by atoms with Gasteiger partial charge in [-0.15, -0.1) is 0 Å². The van der Waals surface area contributed by atoms with E-state index >= 15 is 0 Å². The van der Waals surface area contributed by atoms with Crippen LogP contribution in [-0.4, -0.2) is 24.8 Å². The van der Waals surface area contributed by atoms with Crippen molar-refractivity contribution >= 4 is 5.97 Å². The van der Waals surface area contributed by atoms with Crippen LogP contribution in [0.25, 0.3) is 0 Å². The minimum absolute atomic E-state index is 0.210. The molecule has 0 aliphatic heterocycles. The first-order chi connectivity index (χ1) is 7.95. The Labute approximate surface area is 104 Å². The monoisotopic (exact) mass is 240 g/mol. The summed E-state index contributed by atoms with van der Waals surface area (Å²) in [5.74, 6) is 0.0769. The number of carbonyl (C=O) groups is 1. The van der Waals surface area contributed by atoms with Crippen LogP contribution in [0.2, 0.25) is 0 Å². The van der Waals surface area contributed by atoms with Gasteiger partial charge in [-0.1, -0.05) is 20.4 Å². The molecule has 1 fully saturated rings. The van der Waals surface area contributed by atoms with Gasteiger partial charge in [-0.05, 0) is 32.1 Å². The molecule has 1 rings (SSSR count). The lowest BCUT2D eigenvalue weighted by Crippen LogP contribution is -2.39. The van der Waals surface area contributed by atoms with Crippen molar-refractivity contribution in [3.05, 3.63) is 12.2 Å². The summed E-state index contributed by atoms with van der Waals surface area (Å²) < 4.78 is 11.1. The predicted molar refractivity (Wildman–Crippen MR) is 67.7 cm³/mol. The summed E-state index contributed by atoms with van der Waals surface area (Å²) in [6.45, 7) is 9.61. The lowest BCUT2D eigenvalue weighted by atomic mass is 9.85. The molecule has 0 aromatic carbocycles. The lowest BCUT2D eigenvalue weighted by Gasteiger charge is -2.35. The number of methoxy groups -OCH3 is 1. The van der Waals surface area contributed by atoms with Gasteiger partial charge < -0.3 is 9.47 Å². The second kappa shape index (κ2) is 5.67. The van der Waals surface area contributed by atoms with Crippen molar-refractivity contribution in [1.82, 2.24) is 0 Å². The molecule has 98 valence electrons. The fraction of sp³-hybridized carbons (Fsp3) is 0.786. The predicted octanol–water partition coefficient (Wildman–Crippen LogP) is 3.09. The van der Waals surface area contributed by atoms with Crippen molar-refractivity contribution in [2.45, 2.75) is 58.2 Å². The standard InChI is InChI=1S/C14H24O3/c1-6-11(4)14(17-13(15)10(2)3)8-7-12(9-14)16-5/h11-12H,2,6-9H2,1,3-5H3. The number of hydrogen-bond acceptors (Lipinski definition) is 3. The van der Waals surface area contributed by atoms with E-state index in [1.54, 1.807) is 14.0 Å². The summed E-state index contributed by atoms with van der Waals surface area (Å²) in [6.07, 6.45) is 3.86. The third-order valence-electron chi connectivity index (χ3n) is 3.95. The summed E-state index contributed by atoms with van der Waals surface area (Å²) in [6, 6.07) is 0. The quantitative estimate of drug-likeness (QED) is 0.547. The first-order valence-electron chi connectivity index (χ1n) is 6.36. The van der Waals surface area contributed by atoms with E-state index in [2.05, 4.69) is 20.4 Å². The SMILES string of the molecule is C=C(C)C(=O)OC1(C(C)CC)CCC(OC)C1. The third kappa shape index (κ3) is 3.09. The van der Waals surface area contributed by atoms with E-state index < -0.39 is 0 Å². The molecule has 0 spiro atoms. The Morgan fingerprint density at radius 1 is 1.59 bits per heavy atom. The van der Waals surface area contributed by atoms with Gasteiger partial charge in [-0.25, -0.2) is 4.79 Å². The van der Waals surface area contributed by atoms with E-state index in [0.717, 1.165) is 25.7 Å². The first kappa shape index (κ1) is 14.2. The minimum Gasteiger partial charge on any atom is -0.455 e. The van der Waals surface area contributed by atoms with E-state index in [-0.39, 0.29) is 17.7 Å². The largest absolute Gasteiger partial charge is 0.455 e. The normalized spacial score (nSPS) is 30.0. The van der Waals surface area contributed by atoms with Crippen molar-refractivity contribution in [3.63, 3.8) is 0 Å². The molecule has 0 aromatic heterocycles. The van der Waals surface area contributed by atoms with Crippen molar-refractivity contribution < 1.29 is 14.3 Å². The summed E-state index contributed by atoms with van der Waals surface area (Å²) in [7, 11) is 1.72. The highest BCUT2D eigenvalue weighted by molar-refractivity contribution is 5.87. The molecule has 1 aliphatic rings. The molecular formula is C14H24O3. The molecular weight excluding hydrogens is 216 g/mol. The van der Waals surface area contributed by atoms with Gasteiger partial charge in [0.05, 0.1) is 6.10 Å². The van der Waals surface area contributed by atoms with Crippen molar-refractivity contribution in [3.8, 4) is 0 Å². The molecule has 3 heteroatoms. The van der Waals surface area contributed by atoms with Gasteiger partial charge in [0, 0.05) is 19.1 Å². The molecule has 1 aliphatic carbocycles. The Morgan fingerprint density at radius 2 is 2.24 bits per heavy atom. The second-order valence-electron chi connectivity index (χ2n) is 5.14. The summed E-state index contributed by atoms with van der Waals surface area (Å²) in [5.41, 5.74) is 0.111. The summed E-state index contributed by atoms with van der Waals surface area (Å²) >= 11 is 0. The van der Waals surface area contributed by atoms with Gasteiger partial charge in [0.25, 0.3) is 0 Å². The smallest absolute Gasteiger partial charge is 0.333 e. The molecule has 1 saturated carbocycles. The first-order valence-corrected chi connectivity index (χ1v) is 6.36. The van der Waals surface area contributed by atoms with Crippen LogP contribution < -0.4 is 0 Å². The highest BCUT2D eigenvalue weighted by Gasteiger charge is 2.46. The van der Waals surface area contributed by atoms with Crippen LogP contribution in [0.3, 0.4) is 0 Å². The molecule has 17 heavy (non-hydrogen) atoms. The molecule has 0 aromatic rings. The average Bonchev–Trinajstić information content (AvgIpc) is 2.72. The fourth-order valence-electron chi connectivity index (χ4n) is 2.48. The van der Waals surface area contributed by atoms with Crippen LogP contribution >= 0.6 is 0 Å². The molecule has 3 atom stereocenters.